The number of carbonyl (C=O) groups is 1. The van der Waals surface area contributed by atoms with Crippen LogP contribution in [0.2, 0.25) is 5.02 Å². The molecule has 1 aliphatic heterocycles. The van der Waals surface area contributed by atoms with Crippen molar-refractivity contribution >= 4 is 23.3 Å². The van der Waals surface area contributed by atoms with Crippen LogP contribution in [0.4, 0.5) is 10.1 Å². The molecule has 1 fully saturated rings. The minimum atomic E-state index is -0.849. The number of carboxylic acid groups (broad SMARTS) is 1. The van der Waals surface area contributed by atoms with Gasteiger partial charge in [0.05, 0.1) is 5.02 Å². The Morgan fingerprint density at radius 1 is 1.44 bits per heavy atom. The average molecular weight is 270 g/mol. The number of benzene rings is 1. The highest BCUT2D eigenvalue weighted by Crippen LogP contribution is 2.50. The fourth-order valence-electron chi connectivity index (χ4n) is 3.32. The predicted octanol–water partition coefficient (Wildman–Crippen LogP) is 3.24. The number of fused-ring (bicyclic) bond motifs is 3. The number of carboxylic acids is 1. The van der Waals surface area contributed by atoms with E-state index in [9.17, 15) is 14.3 Å². The quantitative estimate of drug-likeness (QED) is 0.823. The fraction of sp³-hybridized carbons (Fsp3) is 0.462. The van der Waals surface area contributed by atoms with Crippen LogP contribution in [0.3, 0.4) is 0 Å². The zero-order valence-corrected chi connectivity index (χ0v) is 10.4. The SMILES string of the molecule is O=C(O)C1Nc2ccc(F)c(Cl)c2C2CCCC12. The zero-order valence-electron chi connectivity index (χ0n) is 9.62. The maximum Gasteiger partial charge on any atom is 0.326 e. The normalized spacial score (nSPS) is 29.3. The summed E-state index contributed by atoms with van der Waals surface area (Å²) in [5.74, 6) is -1.21. The minimum Gasteiger partial charge on any atom is -0.480 e. The van der Waals surface area contributed by atoms with Crippen LogP contribution in [-0.2, 0) is 4.79 Å². The van der Waals surface area contributed by atoms with E-state index in [-0.39, 0.29) is 16.9 Å². The summed E-state index contributed by atoms with van der Waals surface area (Å²) in [7, 11) is 0. The lowest BCUT2D eigenvalue weighted by molar-refractivity contribution is -0.139. The second-order valence-corrected chi connectivity index (χ2v) is 5.36. The maximum atomic E-state index is 13.5. The molecule has 0 saturated heterocycles. The van der Waals surface area contributed by atoms with E-state index in [1.807, 2.05) is 0 Å². The molecule has 3 unspecified atom stereocenters. The lowest BCUT2D eigenvalue weighted by atomic mass is 9.79. The van der Waals surface area contributed by atoms with E-state index in [0.29, 0.717) is 5.69 Å². The van der Waals surface area contributed by atoms with Crippen molar-refractivity contribution in [2.24, 2.45) is 5.92 Å². The predicted molar refractivity (Wildman–Crippen MR) is 66.5 cm³/mol. The van der Waals surface area contributed by atoms with Gasteiger partial charge in [-0.05, 0) is 36.8 Å². The molecule has 0 bridgehead atoms. The summed E-state index contributed by atoms with van der Waals surface area (Å²) in [5, 5.41) is 12.4. The van der Waals surface area contributed by atoms with Crippen LogP contribution in [0, 0.1) is 11.7 Å². The molecule has 2 N–H and O–H groups in total. The van der Waals surface area contributed by atoms with E-state index in [1.165, 1.54) is 6.07 Å². The van der Waals surface area contributed by atoms with Crippen molar-refractivity contribution in [3.63, 3.8) is 0 Å². The molecule has 1 heterocycles. The molecule has 3 nitrogen and oxygen atoms in total. The van der Waals surface area contributed by atoms with Gasteiger partial charge < -0.3 is 10.4 Å². The molecule has 5 heteroatoms. The smallest absolute Gasteiger partial charge is 0.326 e. The molecule has 1 saturated carbocycles. The highest BCUT2D eigenvalue weighted by atomic mass is 35.5. The van der Waals surface area contributed by atoms with Crippen molar-refractivity contribution in [3.8, 4) is 0 Å². The maximum absolute atomic E-state index is 13.5. The first-order valence-corrected chi connectivity index (χ1v) is 6.44. The number of halogens is 2. The Labute approximate surface area is 109 Å². The van der Waals surface area contributed by atoms with Crippen molar-refractivity contribution in [1.82, 2.24) is 0 Å². The molecule has 3 atom stereocenters. The topological polar surface area (TPSA) is 49.3 Å². The van der Waals surface area contributed by atoms with Crippen LogP contribution in [0.5, 0.6) is 0 Å². The van der Waals surface area contributed by atoms with Crippen LogP contribution in [0.15, 0.2) is 12.1 Å². The standard InChI is InChI=1S/C13H13ClFNO2/c14-11-8(15)4-5-9-10(11)6-2-1-3-7(6)12(16-9)13(17)18/h4-7,12,16H,1-3H2,(H,17,18). The molecule has 1 aromatic carbocycles. The lowest BCUT2D eigenvalue weighted by Gasteiger charge is -2.35. The van der Waals surface area contributed by atoms with Crippen LogP contribution in [0.25, 0.3) is 0 Å². The van der Waals surface area contributed by atoms with Gasteiger partial charge in [0.2, 0.25) is 0 Å². The van der Waals surface area contributed by atoms with Gasteiger partial charge in [-0.1, -0.05) is 18.0 Å². The molecule has 2 aliphatic rings. The second-order valence-electron chi connectivity index (χ2n) is 4.98. The Kier molecular flexibility index (Phi) is 2.70. The van der Waals surface area contributed by atoms with Gasteiger partial charge in [0, 0.05) is 11.3 Å². The summed E-state index contributed by atoms with van der Waals surface area (Å²) in [6, 6.07) is 2.27. The minimum absolute atomic E-state index is 0.00861. The molecular formula is C13H13ClFNO2. The van der Waals surface area contributed by atoms with Crippen LogP contribution < -0.4 is 5.32 Å². The number of hydrogen-bond donors (Lipinski definition) is 2. The largest absolute Gasteiger partial charge is 0.480 e. The third kappa shape index (κ3) is 1.59. The Balaban J connectivity index is 2.13. The Hall–Kier alpha value is -1.29. The highest BCUT2D eigenvalue weighted by Gasteiger charge is 2.44. The molecule has 18 heavy (non-hydrogen) atoms. The lowest BCUT2D eigenvalue weighted by Crippen LogP contribution is -2.41. The van der Waals surface area contributed by atoms with Crippen molar-refractivity contribution in [3.05, 3.63) is 28.5 Å². The first-order chi connectivity index (χ1) is 8.59. The van der Waals surface area contributed by atoms with Crippen molar-refractivity contribution in [2.75, 3.05) is 5.32 Å². The molecule has 1 aliphatic carbocycles. The Morgan fingerprint density at radius 2 is 2.22 bits per heavy atom. The molecule has 3 rings (SSSR count). The summed E-state index contributed by atoms with van der Waals surface area (Å²) >= 11 is 6.04. The van der Waals surface area contributed by atoms with Gasteiger partial charge in [0.25, 0.3) is 0 Å². The summed E-state index contributed by atoms with van der Waals surface area (Å²) in [4.78, 5) is 11.3. The second kappa shape index (κ2) is 4.12. The number of rotatable bonds is 1. The molecule has 0 aromatic heterocycles. The summed E-state index contributed by atoms with van der Waals surface area (Å²) in [6.07, 6.45) is 2.69. The van der Waals surface area contributed by atoms with Gasteiger partial charge >= 0.3 is 5.97 Å². The first kappa shape index (κ1) is 11.8. The van der Waals surface area contributed by atoms with Crippen molar-refractivity contribution in [1.29, 1.82) is 0 Å². The van der Waals surface area contributed by atoms with E-state index >= 15 is 0 Å². The highest BCUT2D eigenvalue weighted by molar-refractivity contribution is 6.32. The Morgan fingerprint density at radius 3 is 2.94 bits per heavy atom. The van der Waals surface area contributed by atoms with Gasteiger partial charge in [-0.2, -0.15) is 0 Å². The van der Waals surface area contributed by atoms with Crippen molar-refractivity contribution < 1.29 is 14.3 Å². The summed E-state index contributed by atoms with van der Waals surface area (Å²) < 4.78 is 13.5. The zero-order chi connectivity index (χ0) is 12.9. The monoisotopic (exact) mass is 269 g/mol. The Bertz CT molecular complexity index is 520. The van der Waals surface area contributed by atoms with Gasteiger partial charge in [0.1, 0.15) is 11.9 Å². The van der Waals surface area contributed by atoms with Gasteiger partial charge in [0.15, 0.2) is 0 Å². The van der Waals surface area contributed by atoms with Crippen molar-refractivity contribution in [2.45, 2.75) is 31.2 Å². The van der Waals surface area contributed by atoms with E-state index in [4.69, 9.17) is 11.6 Å². The molecule has 0 spiro atoms. The van der Waals surface area contributed by atoms with Crippen LogP contribution in [0.1, 0.15) is 30.7 Å². The number of anilines is 1. The summed E-state index contributed by atoms with van der Waals surface area (Å²) in [6.45, 7) is 0. The average Bonchev–Trinajstić information content (AvgIpc) is 2.81. The number of nitrogens with one attached hydrogen (secondary N) is 1. The first-order valence-electron chi connectivity index (χ1n) is 6.07. The van der Waals surface area contributed by atoms with Crippen LogP contribution in [-0.4, -0.2) is 17.1 Å². The third-order valence-corrected chi connectivity index (χ3v) is 4.46. The number of hydrogen-bond acceptors (Lipinski definition) is 2. The van der Waals surface area contributed by atoms with E-state index in [0.717, 1.165) is 24.8 Å². The molecular weight excluding hydrogens is 257 g/mol. The molecule has 0 radical (unpaired) electrons. The van der Waals surface area contributed by atoms with Gasteiger partial charge in [-0.25, -0.2) is 9.18 Å². The van der Waals surface area contributed by atoms with E-state index < -0.39 is 17.8 Å². The van der Waals surface area contributed by atoms with Gasteiger partial charge in [-0.15, -0.1) is 0 Å². The molecule has 96 valence electrons. The molecule has 0 amide bonds. The third-order valence-electron chi connectivity index (χ3n) is 4.08. The van der Waals surface area contributed by atoms with E-state index in [1.54, 1.807) is 6.07 Å². The van der Waals surface area contributed by atoms with Crippen LogP contribution >= 0.6 is 11.6 Å². The number of aliphatic carboxylic acids is 1. The molecule has 1 aromatic rings. The fourth-order valence-corrected chi connectivity index (χ4v) is 3.63. The van der Waals surface area contributed by atoms with Gasteiger partial charge in [-0.3, -0.25) is 0 Å². The van der Waals surface area contributed by atoms with E-state index in [2.05, 4.69) is 5.32 Å². The summed E-state index contributed by atoms with van der Waals surface area (Å²) in [5.41, 5.74) is 1.42.